The first kappa shape index (κ1) is 15.6. The third-order valence-electron chi connectivity index (χ3n) is 3.97. The Hall–Kier alpha value is -0.770. The van der Waals surface area contributed by atoms with Crippen LogP contribution < -0.4 is 11.1 Å². The molecule has 1 aromatic rings. The lowest BCUT2D eigenvalue weighted by Gasteiger charge is -2.19. The fourth-order valence-corrected chi connectivity index (χ4v) is 3.24. The van der Waals surface area contributed by atoms with Crippen molar-refractivity contribution >= 4 is 29.1 Å². The second-order valence-corrected chi connectivity index (χ2v) is 6.36. The predicted molar refractivity (Wildman–Crippen MR) is 83.0 cm³/mol. The number of rotatable bonds is 4. The Morgan fingerprint density at radius 3 is 2.85 bits per heavy atom. The molecule has 20 heavy (non-hydrogen) atoms. The van der Waals surface area contributed by atoms with Crippen LogP contribution in [0.15, 0.2) is 18.2 Å². The van der Waals surface area contributed by atoms with Crippen molar-refractivity contribution in [1.82, 2.24) is 5.32 Å². The zero-order chi connectivity index (χ0) is 14.7. The summed E-state index contributed by atoms with van der Waals surface area (Å²) in [4.78, 5) is 12.1. The highest BCUT2D eigenvalue weighted by Gasteiger charge is 2.26. The number of halogens is 2. The predicted octanol–water partition coefficient (Wildman–Crippen LogP) is 3.69. The van der Waals surface area contributed by atoms with E-state index in [0.29, 0.717) is 22.4 Å². The topological polar surface area (TPSA) is 55.1 Å². The third kappa shape index (κ3) is 3.87. The number of carbonyl (C=O) groups is 1. The van der Waals surface area contributed by atoms with Crippen LogP contribution in [-0.2, 0) is 4.79 Å². The van der Waals surface area contributed by atoms with E-state index in [4.69, 9.17) is 28.9 Å². The van der Waals surface area contributed by atoms with Gasteiger partial charge in [0.1, 0.15) is 0 Å². The summed E-state index contributed by atoms with van der Waals surface area (Å²) >= 11 is 12.1. The molecule has 1 fully saturated rings. The van der Waals surface area contributed by atoms with Gasteiger partial charge in [-0.3, -0.25) is 4.79 Å². The highest BCUT2D eigenvalue weighted by molar-refractivity contribution is 6.33. The van der Waals surface area contributed by atoms with Crippen molar-refractivity contribution in [3.8, 4) is 0 Å². The van der Waals surface area contributed by atoms with Crippen LogP contribution in [0.25, 0.3) is 0 Å². The van der Waals surface area contributed by atoms with E-state index in [1.807, 2.05) is 6.92 Å². The van der Waals surface area contributed by atoms with Crippen LogP contribution in [0.2, 0.25) is 10.0 Å². The van der Waals surface area contributed by atoms with E-state index in [0.717, 1.165) is 24.8 Å². The molecule has 2 rings (SSSR count). The molecule has 1 saturated carbocycles. The molecule has 1 aromatic carbocycles. The Balaban J connectivity index is 1.95. The van der Waals surface area contributed by atoms with Gasteiger partial charge in [0.15, 0.2) is 0 Å². The van der Waals surface area contributed by atoms with Crippen molar-refractivity contribution in [2.75, 3.05) is 0 Å². The van der Waals surface area contributed by atoms with Gasteiger partial charge < -0.3 is 11.1 Å². The van der Waals surface area contributed by atoms with Gasteiger partial charge in [-0.1, -0.05) is 29.6 Å². The highest BCUT2D eigenvalue weighted by Crippen LogP contribution is 2.28. The van der Waals surface area contributed by atoms with Crippen molar-refractivity contribution in [3.63, 3.8) is 0 Å². The smallest absolute Gasteiger partial charge is 0.220 e. The summed E-state index contributed by atoms with van der Waals surface area (Å²) in [5.41, 5.74) is 6.83. The lowest BCUT2D eigenvalue weighted by atomic mass is 9.99. The maximum Gasteiger partial charge on any atom is 0.220 e. The zero-order valence-corrected chi connectivity index (χ0v) is 13.0. The van der Waals surface area contributed by atoms with Gasteiger partial charge >= 0.3 is 0 Å². The summed E-state index contributed by atoms with van der Waals surface area (Å²) in [7, 11) is 0. The molecule has 3 N–H and O–H groups in total. The number of amides is 1. The number of hydrogen-bond donors (Lipinski definition) is 2. The summed E-state index contributed by atoms with van der Waals surface area (Å²) in [6, 6.07) is 5.27. The monoisotopic (exact) mass is 314 g/mol. The van der Waals surface area contributed by atoms with Gasteiger partial charge in [0, 0.05) is 22.5 Å². The minimum atomic E-state index is -0.161. The van der Waals surface area contributed by atoms with E-state index in [9.17, 15) is 4.79 Å². The molecule has 1 aliphatic carbocycles. The summed E-state index contributed by atoms with van der Waals surface area (Å²) in [6.45, 7) is 1.91. The van der Waals surface area contributed by atoms with Crippen LogP contribution in [0, 0.1) is 5.92 Å². The molecular formula is C15H20Cl2N2O. The first-order valence-corrected chi connectivity index (χ1v) is 7.73. The molecule has 1 unspecified atom stereocenters. The standard InChI is InChI=1S/C15H20Cl2N2O/c1-9(12-8-11(16)5-6-13(12)17)19-15(20)7-10-3-2-4-14(10)18/h5-6,8-10,14H,2-4,7,18H2,1H3,(H,19,20)/t9?,10-,14+/m0/s1. The lowest BCUT2D eigenvalue weighted by Crippen LogP contribution is -2.33. The maximum absolute atomic E-state index is 12.1. The van der Waals surface area contributed by atoms with E-state index in [2.05, 4.69) is 5.32 Å². The molecule has 3 atom stereocenters. The molecule has 0 aliphatic heterocycles. The van der Waals surface area contributed by atoms with Crippen molar-refractivity contribution < 1.29 is 4.79 Å². The maximum atomic E-state index is 12.1. The Kier molecular flexibility index (Phi) is 5.30. The minimum absolute atomic E-state index is 0.0240. The van der Waals surface area contributed by atoms with Gasteiger partial charge in [-0.25, -0.2) is 0 Å². The van der Waals surface area contributed by atoms with Crippen LogP contribution in [0.5, 0.6) is 0 Å². The minimum Gasteiger partial charge on any atom is -0.350 e. The van der Waals surface area contributed by atoms with Gasteiger partial charge in [-0.2, -0.15) is 0 Å². The van der Waals surface area contributed by atoms with Crippen LogP contribution in [0.4, 0.5) is 0 Å². The molecule has 1 amide bonds. The quantitative estimate of drug-likeness (QED) is 0.890. The number of nitrogens with one attached hydrogen (secondary N) is 1. The van der Waals surface area contributed by atoms with Gasteiger partial charge in [0.2, 0.25) is 5.91 Å². The van der Waals surface area contributed by atoms with Crippen molar-refractivity contribution in [2.24, 2.45) is 11.7 Å². The molecular weight excluding hydrogens is 295 g/mol. The van der Waals surface area contributed by atoms with Gasteiger partial charge in [-0.15, -0.1) is 0 Å². The summed E-state index contributed by atoms with van der Waals surface area (Å²) < 4.78 is 0. The van der Waals surface area contributed by atoms with E-state index in [-0.39, 0.29) is 18.0 Å². The molecule has 0 aromatic heterocycles. The second kappa shape index (κ2) is 6.79. The fraction of sp³-hybridized carbons (Fsp3) is 0.533. The summed E-state index contributed by atoms with van der Waals surface area (Å²) in [5, 5.41) is 4.20. The molecule has 0 bridgehead atoms. The molecule has 5 heteroatoms. The third-order valence-corrected chi connectivity index (χ3v) is 4.55. The normalized spacial score (nSPS) is 23.6. The molecule has 0 spiro atoms. The van der Waals surface area contributed by atoms with Crippen molar-refractivity contribution in [2.45, 2.75) is 44.7 Å². The van der Waals surface area contributed by atoms with Crippen LogP contribution in [0.3, 0.4) is 0 Å². The molecule has 0 radical (unpaired) electrons. The van der Waals surface area contributed by atoms with E-state index < -0.39 is 0 Å². The van der Waals surface area contributed by atoms with Gasteiger partial charge in [0.25, 0.3) is 0 Å². The first-order chi connectivity index (χ1) is 9.47. The Labute approximate surface area is 129 Å². The lowest BCUT2D eigenvalue weighted by molar-refractivity contribution is -0.122. The molecule has 1 aliphatic rings. The van der Waals surface area contributed by atoms with Gasteiger partial charge in [0.05, 0.1) is 6.04 Å². The Morgan fingerprint density at radius 2 is 2.20 bits per heavy atom. The van der Waals surface area contributed by atoms with Crippen LogP contribution in [0.1, 0.15) is 44.2 Å². The Bertz CT molecular complexity index is 493. The summed E-state index contributed by atoms with van der Waals surface area (Å²) in [6.07, 6.45) is 3.67. The molecule has 0 heterocycles. The van der Waals surface area contributed by atoms with E-state index in [1.54, 1.807) is 18.2 Å². The van der Waals surface area contributed by atoms with Crippen LogP contribution >= 0.6 is 23.2 Å². The number of carbonyl (C=O) groups excluding carboxylic acids is 1. The SMILES string of the molecule is CC(NC(=O)C[C@@H]1CCC[C@H]1N)c1cc(Cl)ccc1Cl. The first-order valence-electron chi connectivity index (χ1n) is 6.97. The van der Waals surface area contributed by atoms with Crippen molar-refractivity contribution in [3.05, 3.63) is 33.8 Å². The number of hydrogen-bond acceptors (Lipinski definition) is 2. The van der Waals surface area contributed by atoms with Crippen LogP contribution in [-0.4, -0.2) is 11.9 Å². The van der Waals surface area contributed by atoms with Crippen molar-refractivity contribution in [1.29, 1.82) is 0 Å². The highest BCUT2D eigenvalue weighted by atomic mass is 35.5. The van der Waals surface area contributed by atoms with E-state index in [1.165, 1.54) is 0 Å². The number of benzene rings is 1. The number of nitrogens with two attached hydrogens (primary N) is 1. The fourth-order valence-electron chi connectivity index (χ4n) is 2.78. The molecule has 0 saturated heterocycles. The largest absolute Gasteiger partial charge is 0.350 e. The Morgan fingerprint density at radius 1 is 1.45 bits per heavy atom. The average Bonchev–Trinajstić information content (AvgIpc) is 2.77. The van der Waals surface area contributed by atoms with E-state index >= 15 is 0 Å². The average molecular weight is 315 g/mol. The zero-order valence-electron chi connectivity index (χ0n) is 11.5. The molecule has 110 valence electrons. The summed E-state index contributed by atoms with van der Waals surface area (Å²) in [5.74, 6) is 0.327. The molecule has 3 nitrogen and oxygen atoms in total. The second-order valence-electron chi connectivity index (χ2n) is 5.51. The van der Waals surface area contributed by atoms with Gasteiger partial charge in [-0.05, 0) is 49.4 Å².